The van der Waals surface area contributed by atoms with E-state index < -0.39 is 5.97 Å². The predicted molar refractivity (Wildman–Crippen MR) is 91.6 cm³/mol. The summed E-state index contributed by atoms with van der Waals surface area (Å²) in [6, 6.07) is 12.0. The van der Waals surface area contributed by atoms with Crippen molar-refractivity contribution < 1.29 is 9.53 Å². The number of benzene rings is 1. The van der Waals surface area contributed by atoms with E-state index in [4.69, 9.17) is 10.5 Å². The maximum Gasteiger partial charge on any atom is 0.350 e. The normalized spacial score (nSPS) is 10.7. The van der Waals surface area contributed by atoms with E-state index in [0.29, 0.717) is 17.1 Å². The van der Waals surface area contributed by atoms with Gasteiger partial charge in [0.25, 0.3) is 0 Å². The summed E-state index contributed by atoms with van der Waals surface area (Å²) in [6.45, 7) is 2.72. The Labute approximate surface area is 138 Å². The number of aromatic nitrogens is 2. The lowest BCUT2D eigenvalue weighted by molar-refractivity contribution is 0.0607. The summed E-state index contributed by atoms with van der Waals surface area (Å²) in [6.07, 6.45) is 1.81. The highest BCUT2D eigenvalue weighted by Crippen LogP contribution is 2.35. The molecule has 0 saturated carbocycles. The molecule has 6 heteroatoms. The second-order valence-electron chi connectivity index (χ2n) is 5.17. The van der Waals surface area contributed by atoms with Crippen molar-refractivity contribution in [1.82, 2.24) is 9.78 Å². The van der Waals surface area contributed by atoms with Gasteiger partial charge in [-0.3, -0.25) is 4.68 Å². The molecule has 1 aromatic carbocycles. The molecule has 0 bridgehead atoms. The van der Waals surface area contributed by atoms with Gasteiger partial charge in [-0.25, -0.2) is 4.79 Å². The Morgan fingerprint density at radius 1 is 1.35 bits per heavy atom. The summed E-state index contributed by atoms with van der Waals surface area (Å²) in [5.74, 6) is -0.409. The van der Waals surface area contributed by atoms with Crippen molar-refractivity contribution >= 4 is 23.0 Å². The van der Waals surface area contributed by atoms with Gasteiger partial charge in [-0.15, -0.1) is 11.3 Å². The number of esters is 1. The van der Waals surface area contributed by atoms with Gasteiger partial charge in [0.2, 0.25) is 0 Å². The van der Waals surface area contributed by atoms with Gasteiger partial charge in [0.1, 0.15) is 4.88 Å². The molecule has 0 aliphatic heterocycles. The van der Waals surface area contributed by atoms with E-state index >= 15 is 0 Å². The molecule has 0 saturated heterocycles. The highest BCUT2D eigenvalue weighted by molar-refractivity contribution is 7.18. The van der Waals surface area contributed by atoms with Gasteiger partial charge in [0.15, 0.2) is 0 Å². The van der Waals surface area contributed by atoms with E-state index in [0.717, 1.165) is 16.1 Å². The summed E-state index contributed by atoms with van der Waals surface area (Å²) in [5.41, 5.74) is 9.55. The van der Waals surface area contributed by atoms with Crippen LogP contribution in [0.25, 0.3) is 10.4 Å². The van der Waals surface area contributed by atoms with Crippen LogP contribution >= 0.6 is 11.3 Å². The summed E-state index contributed by atoms with van der Waals surface area (Å²) >= 11 is 1.33. The highest BCUT2D eigenvalue weighted by atomic mass is 32.1. The molecule has 2 aromatic heterocycles. The minimum atomic E-state index is -0.409. The third-order valence-corrected chi connectivity index (χ3v) is 4.84. The SMILES string of the molecule is COC(=O)c1sc(-c2cnn(Cc3ccccc3)c2C)cc1N. The molecular formula is C17H17N3O2S. The first-order valence-corrected chi connectivity index (χ1v) is 7.96. The topological polar surface area (TPSA) is 70.1 Å². The van der Waals surface area contributed by atoms with Crippen LogP contribution in [0.5, 0.6) is 0 Å². The van der Waals surface area contributed by atoms with E-state index in [-0.39, 0.29) is 0 Å². The molecule has 0 atom stereocenters. The number of nitrogen functional groups attached to an aromatic ring is 1. The number of anilines is 1. The van der Waals surface area contributed by atoms with Gasteiger partial charge in [-0.05, 0) is 18.6 Å². The van der Waals surface area contributed by atoms with Crippen molar-refractivity contribution in [3.05, 3.63) is 58.7 Å². The fourth-order valence-corrected chi connectivity index (χ4v) is 3.45. The van der Waals surface area contributed by atoms with Crippen LogP contribution in [0, 0.1) is 6.92 Å². The Morgan fingerprint density at radius 3 is 2.78 bits per heavy atom. The largest absolute Gasteiger partial charge is 0.465 e. The summed E-state index contributed by atoms with van der Waals surface area (Å²) < 4.78 is 6.69. The number of hydrogen-bond acceptors (Lipinski definition) is 5. The Morgan fingerprint density at radius 2 is 2.09 bits per heavy atom. The van der Waals surface area contributed by atoms with Crippen LogP contribution in [0.1, 0.15) is 20.9 Å². The van der Waals surface area contributed by atoms with Crippen LogP contribution < -0.4 is 5.73 Å². The minimum Gasteiger partial charge on any atom is -0.465 e. The van der Waals surface area contributed by atoms with E-state index in [1.54, 1.807) is 6.07 Å². The lowest BCUT2D eigenvalue weighted by Gasteiger charge is -2.05. The third kappa shape index (κ3) is 2.98. The molecule has 5 nitrogen and oxygen atoms in total. The van der Waals surface area contributed by atoms with Crippen LogP contribution in [0.2, 0.25) is 0 Å². The Kier molecular flexibility index (Phi) is 4.16. The Balaban J connectivity index is 1.92. The molecule has 2 N–H and O–H groups in total. The van der Waals surface area contributed by atoms with E-state index in [1.165, 1.54) is 24.0 Å². The molecule has 118 valence electrons. The number of carbonyl (C=O) groups is 1. The van der Waals surface area contributed by atoms with E-state index in [9.17, 15) is 4.79 Å². The average Bonchev–Trinajstić information content (AvgIpc) is 3.11. The van der Waals surface area contributed by atoms with Crippen LogP contribution in [0.3, 0.4) is 0 Å². The quantitative estimate of drug-likeness (QED) is 0.746. The van der Waals surface area contributed by atoms with E-state index in [2.05, 4.69) is 17.2 Å². The lowest BCUT2D eigenvalue weighted by Crippen LogP contribution is -2.03. The minimum absolute atomic E-state index is 0.409. The molecule has 0 unspecified atom stereocenters. The van der Waals surface area contributed by atoms with Gasteiger partial charge in [-0.1, -0.05) is 30.3 Å². The van der Waals surface area contributed by atoms with Crippen molar-refractivity contribution in [2.75, 3.05) is 12.8 Å². The standard InChI is InChI=1S/C17H17N3O2S/c1-11-13(15-8-14(18)16(23-15)17(21)22-2)9-19-20(11)10-12-6-4-3-5-7-12/h3-9H,10,18H2,1-2H3. The number of carbonyl (C=O) groups excluding carboxylic acids is 1. The molecule has 0 radical (unpaired) electrons. The second-order valence-corrected chi connectivity index (χ2v) is 6.23. The number of nitrogens with zero attached hydrogens (tertiary/aromatic N) is 2. The molecular weight excluding hydrogens is 310 g/mol. The van der Waals surface area contributed by atoms with E-state index in [1.807, 2.05) is 36.0 Å². The fraction of sp³-hybridized carbons (Fsp3) is 0.176. The molecule has 2 heterocycles. The zero-order valence-corrected chi connectivity index (χ0v) is 13.8. The number of methoxy groups -OCH3 is 1. The first-order valence-electron chi connectivity index (χ1n) is 7.14. The highest BCUT2D eigenvalue weighted by Gasteiger charge is 2.18. The molecule has 0 aliphatic rings. The van der Waals surface area contributed by atoms with Crippen LogP contribution in [-0.4, -0.2) is 22.9 Å². The Bertz CT molecular complexity index is 837. The smallest absolute Gasteiger partial charge is 0.350 e. The molecule has 0 amide bonds. The molecule has 3 rings (SSSR count). The molecule has 3 aromatic rings. The van der Waals surface area contributed by atoms with Gasteiger partial charge < -0.3 is 10.5 Å². The fourth-order valence-electron chi connectivity index (χ4n) is 2.39. The van der Waals surface area contributed by atoms with Gasteiger partial charge in [0.05, 0.1) is 25.5 Å². The molecule has 0 fully saturated rings. The first kappa shape index (κ1) is 15.3. The monoisotopic (exact) mass is 327 g/mol. The number of nitrogens with two attached hydrogens (primary N) is 1. The summed E-state index contributed by atoms with van der Waals surface area (Å²) in [7, 11) is 1.35. The number of hydrogen-bond donors (Lipinski definition) is 1. The van der Waals surface area contributed by atoms with Crippen molar-refractivity contribution in [1.29, 1.82) is 0 Å². The summed E-state index contributed by atoms with van der Waals surface area (Å²) in [4.78, 5) is 13.0. The predicted octanol–water partition coefficient (Wildman–Crippen LogP) is 3.34. The molecule has 23 heavy (non-hydrogen) atoms. The van der Waals surface area contributed by atoms with Crippen molar-refractivity contribution in [2.24, 2.45) is 0 Å². The van der Waals surface area contributed by atoms with Crippen LogP contribution in [-0.2, 0) is 11.3 Å². The zero-order valence-electron chi connectivity index (χ0n) is 12.9. The molecule has 0 aliphatic carbocycles. The first-order chi connectivity index (χ1) is 11.1. The lowest BCUT2D eigenvalue weighted by atomic mass is 10.2. The second kappa shape index (κ2) is 6.26. The van der Waals surface area contributed by atoms with Crippen LogP contribution in [0.15, 0.2) is 42.6 Å². The zero-order chi connectivity index (χ0) is 16.4. The van der Waals surface area contributed by atoms with Gasteiger partial charge in [0, 0.05) is 16.1 Å². The van der Waals surface area contributed by atoms with Crippen LogP contribution in [0.4, 0.5) is 5.69 Å². The van der Waals surface area contributed by atoms with Crippen molar-refractivity contribution in [3.8, 4) is 10.4 Å². The number of ether oxygens (including phenoxy) is 1. The maximum atomic E-state index is 11.7. The van der Waals surface area contributed by atoms with Gasteiger partial charge in [-0.2, -0.15) is 5.10 Å². The Hall–Kier alpha value is -2.60. The molecule has 0 spiro atoms. The van der Waals surface area contributed by atoms with Crippen molar-refractivity contribution in [3.63, 3.8) is 0 Å². The van der Waals surface area contributed by atoms with Crippen molar-refractivity contribution in [2.45, 2.75) is 13.5 Å². The number of rotatable bonds is 4. The number of thiophene rings is 1. The third-order valence-electron chi connectivity index (χ3n) is 3.68. The van der Waals surface area contributed by atoms with Gasteiger partial charge >= 0.3 is 5.97 Å². The average molecular weight is 327 g/mol. The summed E-state index contributed by atoms with van der Waals surface area (Å²) in [5, 5.41) is 4.46. The maximum absolute atomic E-state index is 11.7.